The van der Waals surface area contributed by atoms with Crippen LogP contribution in [0.3, 0.4) is 0 Å². The number of nitrogens with one attached hydrogen (secondary N) is 1. The molecule has 1 fully saturated rings. The molecule has 16 heavy (non-hydrogen) atoms. The molecule has 2 rings (SSSR count). The molecule has 1 aromatic carbocycles. The van der Waals surface area contributed by atoms with Crippen LogP contribution in [-0.2, 0) is 0 Å². The average Bonchev–Trinajstić information content (AvgIpc) is 2.32. The number of halogens is 2. The first-order chi connectivity index (χ1) is 7.75. The van der Waals surface area contributed by atoms with Crippen LogP contribution in [0.2, 0.25) is 0 Å². The van der Waals surface area contributed by atoms with Crippen LogP contribution in [0.25, 0.3) is 0 Å². The van der Waals surface area contributed by atoms with Crippen LogP contribution in [-0.4, -0.2) is 18.8 Å². The Morgan fingerprint density at radius 2 is 2.00 bits per heavy atom. The van der Waals surface area contributed by atoms with Crippen LogP contribution >= 0.6 is 11.8 Å². The zero-order valence-corrected chi connectivity index (χ0v) is 9.83. The van der Waals surface area contributed by atoms with Gasteiger partial charge in [0.15, 0.2) is 0 Å². The molecule has 0 aromatic heterocycles. The van der Waals surface area contributed by atoms with Crippen molar-refractivity contribution < 1.29 is 8.78 Å². The smallest absolute Gasteiger partial charge is 0.136 e. The molecule has 0 aliphatic carbocycles. The molecule has 1 aromatic rings. The van der Waals surface area contributed by atoms with Crippen LogP contribution in [0.15, 0.2) is 23.1 Å². The third kappa shape index (κ3) is 3.19. The Kier molecular flexibility index (Phi) is 4.18. The summed E-state index contributed by atoms with van der Waals surface area (Å²) >= 11 is 1.42. The molecule has 1 aliphatic rings. The highest BCUT2D eigenvalue weighted by Gasteiger charge is 2.14. The fourth-order valence-electron chi connectivity index (χ4n) is 1.84. The van der Waals surface area contributed by atoms with Crippen LogP contribution in [0, 0.1) is 17.6 Å². The molecule has 1 nitrogen and oxygen atoms in total. The number of hydrogen-bond donors (Lipinski definition) is 1. The van der Waals surface area contributed by atoms with Crippen LogP contribution in [0.4, 0.5) is 8.78 Å². The lowest BCUT2D eigenvalue weighted by atomic mass is 10.0. The van der Waals surface area contributed by atoms with E-state index < -0.39 is 0 Å². The molecule has 0 amide bonds. The molecule has 1 saturated heterocycles. The van der Waals surface area contributed by atoms with Gasteiger partial charge < -0.3 is 5.32 Å². The van der Waals surface area contributed by atoms with Crippen molar-refractivity contribution in [2.45, 2.75) is 17.7 Å². The molecule has 0 saturated carbocycles. The maximum Gasteiger partial charge on any atom is 0.136 e. The van der Waals surface area contributed by atoms with Crippen molar-refractivity contribution in [2.24, 2.45) is 5.92 Å². The highest BCUT2D eigenvalue weighted by molar-refractivity contribution is 7.99. The zero-order chi connectivity index (χ0) is 11.4. The minimum Gasteiger partial charge on any atom is -0.317 e. The summed E-state index contributed by atoms with van der Waals surface area (Å²) in [5, 5.41) is 3.29. The highest BCUT2D eigenvalue weighted by Crippen LogP contribution is 2.27. The first kappa shape index (κ1) is 11.9. The van der Waals surface area contributed by atoms with Crippen molar-refractivity contribution >= 4 is 11.8 Å². The highest BCUT2D eigenvalue weighted by atomic mass is 32.2. The van der Waals surface area contributed by atoms with E-state index in [1.165, 1.54) is 23.9 Å². The number of piperidine rings is 1. The number of benzene rings is 1. The van der Waals surface area contributed by atoms with Crippen LogP contribution < -0.4 is 5.32 Å². The van der Waals surface area contributed by atoms with E-state index in [4.69, 9.17) is 0 Å². The van der Waals surface area contributed by atoms with Crippen molar-refractivity contribution in [3.63, 3.8) is 0 Å². The van der Waals surface area contributed by atoms with Crippen molar-refractivity contribution in [2.75, 3.05) is 18.8 Å². The molecule has 1 N–H and O–H groups in total. The molecule has 1 aliphatic heterocycles. The fourth-order valence-corrected chi connectivity index (χ4v) is 2.99. The maximum atomic E-state index is 13.3. The second-order valence-corrected chi connectivity index (χ2v) is 5.14. The summed E-state index contributed by atoms with van der Waals surface area (Å²) in [5.41, 5.74) is 0. The molecular weight excluding hydrogens is 228 g/mol. The molecule has 88 valence electrons. The van der Waals surface area contributed by atoms with Gasteiger partial charge in [-0.15, -0.1) is 11.8 Å². The number of thioether (sulfide) groups is 1. The lowest BCUT2D eigenvalue weighted by molar-refractivity contribution is 0.407. The van der Waals surface area contributed by atoms with Gasteiger partial charge in [-0.1, -0.05) is 0 Å². The van der Waals surface area contributed by atoms with Crippen LogP contribution in [0.1, 0.15) is 12.8 Å². The molecule has 4 heteroatoms. The Morgan fingerprint density at radius 3 is 2.75 bits per heavy atom. The van der Waals surface area contributed by atoms with Gasteiger partial charge in [0, 0.05) is 10.6 Å². The van der Waals surface area contributed by atoms with Gasteiger partial charge in [0.25, 0.3) is 0 Å². The minimum atomic E-state index is -0.366. The van der Waals surface area contributed by atoms with E-state index in [9.17, 15) is 8.78 Å². The molecule has 0 unspecified atom stereocenters. The summed E-state index contributed by atoms with van der Waals surface area (Å²) in [6, 6.07) is 3.63. The van der Waals surface area contributed by atoms with E-state index >= 15 is 0 Å². The third-order valence-corrected chi connectivity index (χ3v) is 4.09. The Bertz CT molecular complexity index is 351. The SMILES string of the molecule is Fc1ccc(F)c(SCC2CCNCC2)c1. The van der Waals surface area contributed by atoms with Gasteiger partial charge in [0.05, 0.1) is 0 Å². The second-order valence-electron chi connectivity index (χ2n) is 4.08. The van der Waals surface area contributed by atoms with E-state index in [0.717, 1.165) is 37.8 Å². The monoisotopic (exact) mass is 243 g/mol. The Hall–Kier alpha value is -0.610. The summed E-state index contributed by atoms with van der Waals surface area (Å²) in [6.07, 6.45) is 2.26. The minimum absolute atomic E-state index is 0.319. The van der Waals surface area contributed by atoms with Gasteiger partial charge in [0.2, 0.25) is 0 Å². The number of hydrogen-bond acceptors (Lipinski definition) is 2. The predicted molar refractivity (Wildman–Crippen MR) is 62.7 cm³/mol. The van der Waals surface area contributed by atoms with Crippen molar-refractivity contribution in [3.05, 3.63) is 29.8 Å². The summed E-state index contributed by atoms with van der Waals surface area (Å²) in [6.45, 7) is 2.08. The normalized spacial score (nSPS) is 17.6. The topological polar surface area (TPSA) is 12.0 Å². The van der Waals surface area contributed by atoms with Crippen molar-refractivity contribution in [1.29, 1.82) is 0 Å². The second kappa shape index (κ2) is 5.64. The Morgan fingerprint density at radius 1 is 1.25 bits per heavy atom. The molecule has 0 bridgehead atoms. The average molecular weight is 243 g/mol. The molecule has 1 heterocycles. The van der Waals surface area contributed by atoms with Crippen LogP contribution in [0.5, 0.6) is 0 Å². The van der Waals surface area contributed by atoms with Crippen molar-refractivity contribution in [1.82, 2.24) is 5.32 Å². The van der Waals surface area contributed by atoms with E-state index in [0.29, 0.717) is 10.8 Å². The fraction of sp³-hybridized carbons (Fsp3) is 0.500. The van der Waals surface area contributed by atoms with Gasteiger partial charge in [0.1, 0.15) is 11.6 Å². The van der Waals surface area contributed by atoms with Gasteiger partial charge in [-0.05, 0) is 50.0 Å². The van der Waals surface area contributed by atoms with Crippen molar-refractivity contribution in [3.8, 4) is 0 Å². The third-order valence-electron chi connectivity index (χ3n) is 2.83. The predicted octanol–water partition coefficient (Wildman–Crippen LogP) is 3.06. The van der Waals surface area contributed by atoms with Gasteiger partial charge in [-0.25, -0.2) is 8.78 Å². The quantitative estimate of drug-likeness (QED) is 0.819. The lowest BCUT2D eigenvalue weighted by Crippen LogP contribution is -2.28. The van der Waals surface area contributed by atoms with Gasteiger partial charge in [-0.2, -0.15) is 0 Å². The molecule has 0 atom stereocenters. The lowest BCUT2D eigenvalue weighted by Gasteiger charge is -2.22. The Balaban J connectivity index is 1.90. The molecule has 0 radical (unpaired) electrons. The number of rotatable bonds is 3. The Labute approximate surface area is 98.6 Å². The zero-order valence-electron chi connectivity index (χ0n) is 9.01. The largest absolute Gasteiger partial charge is 0.317 e. The summed E-state index contributed by atoms with van der Waals surface area (Å²) in [7, 11) is 0. The van der Waals surface area contributed by atoms with E-state index in [2.05, 4.69) is 5.32 Å². The van der Waals surface area contributed by atoms with Gasteiger partial charge >= 0.3 is 0 Å². The molecule has 0 spiro atoms. The standard InChI is InChI=1S/C12H15F2NS/c13-10-1-2-11(14)12(7-10)16-8-9-3-5-15-6-4-9/h1-2,7,9,15H,3-6,8H2. The molecular formula is C12H15F2NS. The van der Waals surface area contributed by atoms with E-state index in [1.807, 2.05) is 0 Å². The summed E-state index contributed by atoms with van der Waals surface area (Å²) < 4.78 is 26.2. The summed E-state index contributed by atoms with van der Waals surface area (Å²) in [4.78, 5) is 0.429. The first-order valence-electron chi connectivity index (χ1n) is 5.54. The summed E-state index contributed by atoms with van der Waals surface area (Å²) in [5.74, 6) is 0.811. The maximum absolute atomic E-state index is 13.3. The van der Waals surface area contributed by atoms with Gasteiger partial charge in [-0.3, -0.25) is 0 Å². The first-order valence-corrected chi connectivity index (χ1v) is 6.53. The van der Waals surface area contributed by atoms with E-state index in [-0.39, 0.29) is 11.6 Å². The van der Waals surface area contributed by atoms with E-state index in [1.54, 1.807) is 0 Å².